The van der Waals surface area contributed by atoms with Gasteiger partial charge in [0.1, 0.15) is 0 Å². The van der Waals surface area contributed by atoms with Crippen LogP contribution in [0, 0.1) is 0 Å². The van der Waals surface area contributed by atoms with E-state index < -0.39 is 11.8 Å². The summed E-state index contributed by atoms with van der Waals surface area (Å²) in [5.41, 5.74) is 0.801. The third kappa shape index (κ3) is 0.783. The van der Waals surface area contributed by atoms with Crippen molar-refractivity contribution < 1.29 is 9.59 Å². The van der Waals surface area contributed by atoms with Crippen LogP contribution in [0.15, 0.2) is 24.3 Å². The summed E-state index contributed by atoms with van der Waals surface area (Å²) in [5.74, 6) is -0.795. The summed E-state index contributed by atoms with van der Waals surface area (Å²) < 4.78 is 0.713. The normalized spacial score (nSPS) is 15.2. The molecule has 1 aliphatic rings. The molecule has 4 heteroatoms. The van der Waals surface area contributed by atoms with Crippen molar-refractivity contribution in [3.8, 4) is 0 Å². The Labute approximate surface area is 74.5 Å². The predicted molar refractivity (Wildman–Crippen MR) is 44.3 cm³/mol. The van der Waals surface area contributed by atoms with Crippen molar-refractivity contribution in [2.24, 2.45) is 0 Å². The lowest BCUT2D eigenvalue weighted by molar-refractivity contribution is 0.0778. The molecule has 2 rings (SSSR count). The molecule has 0 aliphatic carbocycles. The van der Waals surface area contributed by atoms with E-state index in [0.29, 0.717) is 15.4 Å². The molecule has 0 atom stereocenters. The maximum absolute atomic E-state index is 11.2. The maximum Gasteiger partial charge on any atom is 0.239 e. The summed E-state index contributed by atoms with van der Waals surface area (Å²) in [4.78, 5) is 22.4. The molecule has 1 heterocycles. The van der Waals surface area contributed by atoms with Crippen LogP contribution in [0.3, 0.4) is 0 Å². The molecule has 0 saturated heterocycles. The molecule has 0 saturated carbocycles. The number of nitrogens with zero attached hydrogens (tertiary/aromatic N) is 1. The van der Waals surface area contributed by atoms with Gasteiger partial charge in [0.25, 0.3) is 0 Å². The number of imide groups is 1. The Hall–Kier alpha value is -1.29. The lowest BCUT2D eigenvalue weighted by atomic mass is 10.1. The Morgan fingerprint density at radius 3 is 1.83 bits per heavy atom. The van der Waals surface area contributed by atoms with Gasteiger partial charge < -0.3 is 17.1 Å². The molecular weight excluding hydrogens is 174 g/mol. The van der Waals surface area contributed by atoms with Crippen LogP contribution in [-0.2, 0) is 12.8 Å². The van der Waals surface area contributed by atoms with E-state index in [1.54, 1.807) is 24.3 Å². The first-order chi connectivity index (χ1) is 5.72. The van der Waals surface area contributed by atoms with Gasteiger partial charge in [-0.15, -0.1) is 0 Å². The second kappa shape index (κ2) is 2.35. The summed E-state index contributed by atoms with van der Waals surface area (Å²) in [6, 6.07) is 6.61. The summed E-state index contributed by atoms with van der Waals surface area (Å²) in [5, 5.41) is 0. The number of carbonyl (C=O) groups is 2. The number of amides is 2. The number of hydrogen-bond acceptors (Lipinski definition) is 3. The number of carbonyl (C=O) groups excluding carboxylic acids is 2. The van der Waals surface area contributed by atoms with Gasteiger partial charge in [0.2, 0.25) is 11.8 Å². The zero-order valence-corrected chi connectivity index (χ0v) is 6.80. The van der Waals surface area contributed by atoms with Crippen molar-refractivity contribution in [2.45, 2.75) is 0 Å². The van der Waals surface area contributed by atoms with Crippen molar-refractivity contribution in [3.05, 3.63) is 35.4 Å². The molecule has 0 bridgehead atoms. The summed E-state index contributed by atoms with van der Waals surface area (Å²) >= 11 is 4.59. The van der Waals surface area contributed by atoms with Gasteiger partial charge >= 0.3 is 0 Å². The highest BCUT2D eigenvalue weighted by Gasteiger charge is 2.27. The first-order valence-corrected chi connectivity index (χ1v) is 3.73. The lowest BCUT2D eigenvalue weighted by Crippen LogP contribution is -2.22. The second-order valence-electron chi connectivity index (χ2n) is 2.45. The van der Waals surface area contributed by atoms with Crippen molar-refractivity contribution >= 4 is 24.6 Å². The number of hydrogen-bond donors (Lipinski definition) is 0. The lowest BCUT2D eigenvalue weighted by Gasteiger charge is -2.18. The van der Waals surface area contributed by atoms with E-state index in [1.807, 2.05) is 0 Å². The van der Waals surface area contributed by atoms with Crippen molar-refractivity contribution in [2.75, 3.05) is 0 Å². The van der Waals surface area contributed by atoms with E-state index in [1.165, 1.54) is 0 Å². The molecule has 12 heavy (non-hydrogen) atoms. The highest BCUT2D eigenvalue weighted by molar-refractivity contribution is 7.57. The predicted octanol–water partition coefficient (Wildman–Crippen LogP) is 0.744. The number of benzene rings is 1. The van der Waals surface area contributed by atoms with Crippen LogP contribution >= 0.6 is 0 Å². The minimum absolute atomic E-state index is 0.398. The van der Waals surface area contributed by atoms with Crippen LogP contribution in [0.1, 0.15) is 20.7 Å². The third-order valence-corrected chi connectivity index (χ3v) is 2.09. The number of rotatable bonds is 0. The van der Waals surface area contributed by atoms with E-state index >= 15 is 0 Å². The monoisotopic (exact) mass is 178 g/mol. The van der Waals surface area contributed by atoms with Gasteiger partial charge in [0, 0.05) is 0 Å². The topological polar surface area (TPSA) is 37.4 Å². The Balaban J connectivity index is 2.67. The Morgan fingerprint density at radius 1 is 1.00 bits per heavy atom. The molecule has 0 aromatic heterocycles. The molecule has 60 valence electrons. The molecule has 1 aliphatic heterocycles. The minimum atomic E-state index is -0.398. The SMILES string of the molecule is O=C1c2ccccc2C(=O)N1[S-]. The Morgan fingerprint density at radius 2 is 1.42 bits per heavy atom. The molecule has 0 unspecified atom stereocenters. The average Bonchev–Trinajstić information content (AvgIpc) is 2.33. The molecule has 0 radical (unpaired) electrons. The largest absolute Gasteiger partial charge is 0.655 e. The summed E-state index contributed by atoms with van der Waals surface area (Å²) in [6.07, 6.45) is 0. The van der Waals surface area contributed by atoms with Gasteiger partial charge in [-0.2, -0.15) is 0 Å². The van der Waals surface area contributed by atoms with Gasteiger partial charge in [-0.3, -0.25) is 9.59 Å². The fraction of sp³-hybridized carbons (Fsp3) is 0. The van der Waals surface area contributed by atoms with Gasteiger partial charge in [-0.25, -0.2) is 0 Å². The summed E-state index contributed by atoms with van der Waals surface area (Å²) in [7, 11) is 0. The minimum Gasteiger partial charge on any atom is -0.655 e. The van der Waals surface area contributed by atoms with Crippen LogP contribution in [0.2, 0.25) is 0 Å². The average molecular weight is 178 g/mol. The molecule has 0 fully saturated rings. The first kappa shape index (κ1) is 7.36. The second-order valence-corrected chi connectivity index (χ2v) is 2.82. The molecule has 1 aromatic carbocycles. The van der Waals surface area contributed by atoms with Crippen molar-refractivity contribution in [1.82, 2.24) is 4.31 Å². The molecule has 1 aromatic rings. The number of fused-ring (bicyclic) bond motifs is 1. The quantitative estimate of drug-likeness (QED) is 0.434. The highest BCUT2D eigenvalue weighted by Crippen LogP contribution is 2.20. The van der Waals surface area contributed by atoms with Crippen LogP contribution in [0.5, 0.6) is 0 Å². The molecule has 0 N–H and O–H groups in total. The fourth-order valence-electron chi connectivity index (χ4n) is 1.17. The van der Waals surface area contributed by atoms with E-state index in [-0.39, 0.29) is 0 Å². The van der Waals surface area contributed by atoms with E-state index in [2.05, 4.69) is 12.8 Å². The molecule has 0 spiro atoms. The standard InChI is InChI=1S/C8H4NO2S/c10-7-5-3-1-2-4-6(5)8(11)9(7)12/h1-4H/q-1. The van der Waals surface area contributed by atoms with E-state index in [4.69, 9.17) is 0 Å². The third-order valence-electron chi connectivity index (χ3n) is 1.76. The smallest absolute Gasteiger partial charge is 0.239 e. The zero-order chi connectivity index (χ0) is 8.72. The molecule has 3 nitrogen and oxygen atoms in total. The molecular formula is C8H4NO2S-. The van der Waals surface area contributed by atoms with E-state index in [9.17, 15) is 9.59 Å². The van der Waals surface area contributed by atoms with Gasteiger partial charge in [-0.1, -0.05) is 12.1 Å². The highest BCUT2D eigenvalue weighted by atomic mass is 32.1. The van der Waals surface area contributed by atoms with Crippen LogP contribution in [-0.4, -0.2) is 16.1 Å². The van der Waals surface area contributed by atoms with Crippen molar-refractivity contribution in [3.63, 3.8) is 0 Å². The Kier molecular flexibility index (Phi) is 1.44. The fourth-order valence-corrected chi connectivity index (χ4v) is 1.36. The van der Waals surface area contributed by atoms with Crippen molar-refractivity contribution in [1.29, 1.82) is 0 Å². The van der Waals surface area contributed by atoms with Gasteiger partial charge in [-0.05, 0) is 12.1 Å². The van der Waals surface area contributed by atoms with Crippen LogP contribution in [0.4, 0.5) is 0 Å². The van der Waals surface area contributed by atoms with Gasteiger partial charge in [0.15, 0.2) is 0 Å². The van der Waals surface area contributed by atoms with Crippen LogP contribution in [0.25, 0.3) is 0 Å². The maximum atomic E-state index is 11.2. The first-order valence-electron chi connectivity index (χ1n) is 3.37. The summed E-state index contributed by atoms with van der Waals surface area (Å²) in [6.45, 7) is 0. The molecule has 2 amide bonds. The van der Waals surface area contributed by atoms with Crippen LogP contribution < -0.4 is 0 Å². The van der Waals surface area contributed by atoms with E-state index in [0.717, 1.165) is 0 Å². The Bertz CT molecular complexity index is 340. The van der Waals surface area contributed by atoms with Gasteiger partial charge in [0.05, 0.1) is 11.1 Å². The zero-order valence-electron chi connectivity index (χ0n) is 5.98.